The zero-order valence-electron chi connectivity index (χ0n) is 8.89. The van der Waals surface area contributed by atoms with Crippen LogP contribution in [0, 0.1) is 5.92 Å². The van der Waals surface area contributed by atoms with Crippen molar-refractivity contribution >= 4 is 5.97 Å². The molecule has 0 spiro atoms. The number of methoxy groups -OCH3 is 1. The third kappa shape index (κ3) is 4.68. The summed E-state index contributed by atoms with van der Waals surface area (Å²) in [5, 5.41) is 3.10. The molecule has 0 aromatic heterocycles. The molecule has 0 saturated carbocycles. The van der Waals surface area contributed by atoms with E-state index < -0.39 is 0 Å². The summed E-state index contributed by atoms with van der Waals surface area (Å²) in [6.07, 6.45) is 0. The van der Waals surface area contributed by atoms with Crippen molar-refractivity contribution in [3.63, 3.8) is 0 Å². The molecule has 1 unspecified atom stereocenters. The van der Waals surface area contributed by atoms with Gasteiger partial charge in [-0.3, -0.25) is 4.79 Å². The molecule has 0 aliphatic carbocycles. The smallest absolute Gasteiger partial charge is 0.327 e. The molecule has 0 fully saturated rings. The Morgan fingerprint density at radius 2 is 2.08 bits per heavy atom. The van der Waals surface area contributed by atoms with Gasteiger partial charge in [-0.15, -0.1) is 0 Å². The van der Waals surface area contributed by atoms with Gasteiger partial charge in [0.1, 0.15) is 6.04 Å². The van der Waals surface area contributed by atoms with Gasteiger partial charge in [-0.05, 0) is 19.4 Å². The SMILES string of the molecule is C=C(C)C(NCC(C)C)C(=O)OC. The molecule has 0 aliphatic rings. The molecule has 0 aliphatic heterocycles. The van der Waals surface area contributed by atoms with Gasteiger partial charge >= 0.3 is 5.97 Å². The Labute approximate surface area is 80.2 Å². The zero-order valence-corrected chi connectivity index (χ0v) is 8.89. The van der Waals surface area contributed by atoms with E-state index in [0.717, 1.165) is 12.1 Å². The molecule has 0 saturated heterocycles. The molecule has 3 heteroatoms. The zero-order chi connectivity index (χ0) is 10.4. The second-order valence-electron chi connectivity index (χ2n) is 3.60. The van der Waals surface area contributed by atoms with Crippen LogP contribution in [0.2, 0.25) is 0 Å². The first-order valence-electron chi connectivity index (χ1n) is 4.45. The Balaban J connectivity index is 4.11. The molecule has 0 aromatic carbocycles. The van der Waals surface area contributed by atoms with Gasteiger partial charge in [-0.1, -0.05) is 26.0 Å². The van der Waals surface area contributed by atoms with Crippen molar-refractivity contribution in [1.29, 1.82) is 0 Å². The highest BCUT2D eigenvalue weighted by atomic mass is 16.5. The Hall–Kier alpha value is -0.830. The lowest BCUT2D eigenvalue weighted by atomic mass is 10.1. The minimum atomic E-state index is -0.368. The summed E-state index contributed by atoms with van der Waals surface area (Å²) in [5.41, 5.74) is 0.785. The normalized spacial score (nSPS) is 12.7. The lowest BCUT2D eigenvalue weighted by molar-refractivity contribution is -0.142. The van der Waals surface area contributed by atoms with Crippen LogP contribution in [0.5, 0.6) is 0 Å². The minimum absolute atomic E-state index is 0.270. The molecule has 0 bridgehead atoms. The van der Waals surface area contributed by atoms with Crippen molar-refractivity contribution in [1.82, 2.24) is 5.32 Å². The van der Waals surface area contributed by atoms with E-state index in [1.165, 1.54) is 7.11 Å². The minimum Gasteiger partial charge on any atom is -0.468 e. The molecule has 1 N–H and O–H groups in total. The summed E-state index contributed by atoms with van der Waals surface area (Å²) >= 11 is 0. The van der Waals surface area contributed by atoms with Gasteiger partial charge in [-0.2, -0.15) is 0 Å². The van der Waals surface area contributed by atoms with Gasteiger partial charge in [-0.25, -0.2) is 0 Å². The van der Waals surface area contributed by atoms with E-state index in [1.807, 2.05) is 6.92 Å². The third-order valence-corrected chi connectivity index (χ3v) is 1.66. The number of rotatable bonds is 5. The average molecular weight is 185 g/mol. The van der Waals surface area contributed by atoms with Crippen molar-refractivity contribution in [2.45, 2.75) is 26.8 Å². The van der Waals surface area contributed by atoms with Crippen molar-refractivity contribution in [2.24, 2.45) is 5.92 Å². The van der Waals surface area contributed by atoms with Gasteiger partial charge in [0, 0.05) is 0 Å². The Kier molecular flexibility index (Phi) is 5.39. The predicted octanol–water partition coefficient (Wildman–Crippen LogP) is 1.35. The molecule has 0 rings (SSSR count). The van der Waals surface area contributed by atoms with Crippen LogP contribution in [0.1, 0.15) is 20.8 Å². The number of hydrogen-bond acceptors (Lipinski definition) is 3. The van der Waals surface area contributed by atoms with Crippen LogP contribution in [-0.2, 0) is 9.53 Å². The van der Waals surface area contributed by atoms with E-state index in [4.69, 9.17) is 0 Å². The first-order valence-corrected chi connectivity index (χ1v) is 4.45. The van der Waals surface area contributed by atoms with Gasteiger partial charge in [0.2, 0.25) is 0 Å². The number of hydrogen-bond donors (Lipinski definition) is 1. The maximum absolute atomic E-state index is 11.2. The highest BCUT2D eigenvalue weighted by Crippen LogP contribution is 2.01. The highest BCUT2D eigenvalue weighted by molar-refractivity contribution is 5.79. The first-order chi connectivity index (χ1) is 5.99. The fourth-order valence-electron chi connectivity index (χ4n) is 0.930. The van der Waals surface area contributed by atoms with Crippen molar-refractivity contribution in [2.75, 3.05) is 13.7 Å². The first kappa shape index (κ1) is 12.2. The molecule has 1 atom stereocenters. The molecule has 3 nitrogen and oxygen atoms in total. The number of nitrogens with one attached hydrogen (secondary N) is 1. The summed E-state index contributed by atoms with van der Waals surface area (Å²) < 4.78 is 4.64. The topological polar surface area (TPSA) is 38.3 Å². The van der Waals surface area contributed by atoms with Crippen molar-refractivity contribution in [3.8, 4) is 0 Å². The van der Waals surface area contributed by atoms with Crippen molar-refractivity contribution in [3.05, 3.63) is 12.2 Å². The number of carbonyl (C=O) groups is 1. The van der Waals surface area contributed by atoms with E-state index in [9.17, 15) is 4.79 Å². The monoisotopic (exact) mass is 185 g/mol. The predicted molar refractivity (Wildman–Crippen MR) is 53.5 cm³/mol. The van der Waals surface area contributed by atoms with Crippen LogP contribution >= 0.6 is 0 Å². The fraction of sp³-hybridized carbons (Fsp3) is 0.700. The van der Waals surface area contributed by atoms with Crippen LogP contribution in [0.4, 0.5) is 0 Å². The van der Waals surface area contributed by atoms with Crippen LogP contribution in [0.15, 0.2) is 12.2 Å². The van der Waals surface area contributed by atoms with Gasteiger partial charge in [0.05, 0.1) is 7.11 Å². The fourth-order valence-corrected chi connectivity index (χ4v) is 0.930. The lowest BCUT2D eigenvalue weighted by Gasteiger charge is -2.17. The van der Waals surface area contributed by atoms with E-state index in [2.05, 4.69) is 30.5 Å². The Morgan fingerprint density at radius 3 is 2.38 bits per heavy atom. The summed E-state index contributed by atoms with van der Waals surface area (Å²) in [6, 6.07) is -0.368. The standard InChI is InChI=1S/C10H19NO2/c1-7(2)6-11-9(8(3)4)10(12)13-5/h7,9,11H,3,6H2,1-2,4-5H3. The summed E-state index contributed by atoms with van der Waals surface area (Å²) in [7, 11) is 1.38. The quantitative estimate of drug-likeness (QED) is 0.519. The van der Waals surface area contributed by atoms with E-state index in [1.54, 1.807) is 0 Å². The number of ether oxygens (including phenoxy) is 1. The average Bonchev–Trinajstić information content (AvgIpc) is 2.03. The maximum atomic E-state index is 11.2. The molecule has 13 heavy (non-hydrogen) atoms. The Bertz CT molecular complexity index is 187. The Morgan fingerprint density at radius 1 is 1.54 bits per heavy atom. The summed E-state index contributed by atoms with van der Waals surface area (Å²) in [6.45, 7) is 10.5. The van der Waals surface area contributed by atoms with Crippen LogP contribution in [-0.4, -0.2) is 25.7 Å². The van der Waals surface area contributed by atoms with Gasteiger partial charge in [0.25, 0.3) is 0 Å². The van der Waals surface area contributed by atoms with Crippen LogP contribution < -0.4 is 5.32 Å². The lowest BCUT2D eigenvalue weighted by Crippen LogP contribution is -2.40. The number of esters is 1. The van der Waals surface area contributed by atoms with Gasteiger partial charge < -0.3 is 10.1 Å². The molecule has 0 radical (unpaired) electrons. The van der Waals surface area contributed by atoms with E-state index in [0.29, 0.717) is 5.92 Å². The molecule has 0 heterocycles. The van der Waals surface area contributed by atoms with Gasteiger partial charge in [0.15, 0.2) is 0 Å². The summed E-state index contributed by atoms with van der Waals surface area (Å²) in [4.78, 5) is 11.2. The summed E-state index contributed by atoms with van der Waals surface area (Å²) in [5.74, 6) is 0.236. The molecular weight excluding hydrogens is 166 g/mol. The second kappa shape index (κ2) is 5.75. The van der Waals surface area contributed by atoms with Crippen LogP contribution in [0.25, 0.3) is 0 Å². The molecule has 76 valence electrons. The highest BCUT2D eigenvalue weighted by Gasteiger charge is 2.18. The third-order valence-electron chi connectivity index (χ3n) is 1.66. The molecule has 0 amide bonds. The molecular formula is C10H19NO2. The van der Waals surface area contributed by atoms with Crippen LogP contribution in [0.3, 0.4) is 0 Å². The second-order valence-corrected chi connectivity index (χ2v) is 3.60. The maximum Gasteiger partial charge on any atom is 0.327 e. The van der Waals surface area contributed by atoms with E-state index >= 15 is 0 Å². The van der Waals surface area contributed by atoms with Crippen molar-refractivity contribution < 1.29 is 9.53 Å². The largest absolute Gasteiger partial charge is 0.468 e. The number of carbonyl (C=O) groups excluding carboxylic acids is 1. The molecule has 0 aromatic rings. The van der Waals surface area contributed by atoms with E-state index in [-0.39, 0.29) is 12.0 Å².